The van der Waals surface area contributed by atoms with E-state index in [4.69, 9.17) is 4.74 Å². The van der Waals surface area contributed by atoms with Crippen molar-refractivity contribution in [2.24, 2.45) is 0 Å². The van der Waals surface area contributed by atoms with Crippen molar-refractivity contribution in [3.63, 3.8) is 0 Å². The minimum Gasteiger partial charge on any atom is -0.497 e. The lowest BCUT2D eigenvalue weighted by molar-refractivity contribution is -0.116. The van der Waals surface area contributed by atoms with Crippen LogP contribution in [0.3, 0.4) is 0 Å². The molecule has 1 N–H and O–H groups in total. The first-order valence-electron chi connectivity index (χ1n) is 8.22. The molecule has 1 amide bonds. The predicted octanol–water partition coefficient (Wildman–Crippen LogP) is 4.24. The molecule has 4 nitrogen and oxygen atoms in total. The number of methoxy groups -OCH3 is 1. The second kappa shape index (κ2) is 7.21. The zero-order chi connectivity index (χ0) is 16.9. The van der Waals surface area contributed by atoms with Crippen LogP contribution in [0.1, 0.15) is 18.9 Å². The maximum atomic E-state index is 12.2. The first-order valence-corrected chi connectivity index (χ1v) is 8.22. The van der Waals surface area contributed by atoms with Crippen molar-refractivity contribution in [1.29, 1.82) is 0 Å². The van der Waals surface area contributed by atoms with E-state index in [-0.39, 0.29) is 5.91 Å². The summed E-state index contributed by atoms with van der Waals surface area (Å²) in [5, 5.41) is 4.16. The molecule has 0 radical (unpaired) electrons. The normalized spacial score (nSPS) is 10.8. The third-order valence-electron chi connectivity index (χ3n) is 4.22. The number of aromatic nitrogens is 1. The van der Waals surface area contributed by atoms with Gasteiger partial charge < -0.3 is 14.6 Å². The van der Waals surface area contributed by atoms with Gasteiger partial charge in [0.25, 0.3) is 0 Å². The van der Waals surface area contributed by atoms with Gasteiger partial charge >= 0.3 is 0 Å². The molecule has 0 spiro atoms. The van der Waals surface area contributed by atoms with Crippen LogP contribution >= 0.6 is 0 Å². The summed E-state index contributed by atoms with van der Waals surface area (Å²) in [6, 6.07) is 15.8. The summed E-state index contributed by atoms with van der Waals surface area (Å²) < 4.78 is 7.39. The molecule has 3 aromatic rings. The highest BCUT2D eigenvalue weighted by Gasteiger charge is 2.08. The molecule has 124 valence electrons. The van der Waals surface area contributed by atoms with Crippen LogP contribution in [0.5, 0.6) is 5.75 Å². The summed E-state index contributed by atoms with van der Waals surface area (Å²) >= 11 is 0. The van der Waals surface area contributed by atoms with Gasteiger partial charge in [0, 0.05) is 41.8 Å². The van der Waals surface area contributed by atoms with Gasteiger partial charge in [-0.2, -0.15) is 0 Å². The standard InChI is InChI=1S/C20H22N2O2/c1-3-22-13-12-18-15(6-4-9-19(18)22)10-11-20(23)21-16-7-5-8-17(14-16)24-2/h4-9,12-14H,3,10-11H2,1-2H3,(H,21,23). The fourth-order valence-electron chi connectivity index (χ4n) is 2.95. The molecule has 0 bridgehead atoms. The number of benzene rings is 2. The molecule has 0 saturated carbocycles. The van der Waals surface area contributed by atoms with Gasteiger partial charge in [-0.25, -0.2) is 0 Å². The average Bonchev–Trinajstić information content (AvgIpc) is 3.04. The minimum absolute atomic E-state index is 0.00943. The lowest BCUT2D eigenvalue weighted by Gasteiger charge is -2.08. The van der Waals surface area contributed by atoms with Gasteiger partial charge in [-0.15, -0.1) is 0 Å². The molecule has 0 aliphatic heterocycles. The summed E-state index contributed by atoms with van der Waals surface area (Å²) in [5.41, 5.74) is 3.19. The fraction of sp³-hybridized carbons (Fsp3) is 0.250. The maximum absolute atomic E-state index is 12.2. The number of carbonyl (C=O) groups is 1. The Morgan fingerprint density at radius 3 is 2.79 bits per heavy atom. The van der Waals surface area contributed by atoms with E-state index in [1.807, 2.05) is 24.3 Å². The lowest BCUT2D eigenvalue weighted by atomic mass is 10.0. The molecule has 0 unspecified atom stereocenters. The Morgan fingerprint density at radius 2 is 2.00 bits per heavy atom. The van der Waals surface area contributed by atoms with Crippen LogP contribution < -0.4 is 10.1 Å². The van der Waals surface area contributed by atoms with E-state index in [1.165, 1.54) is 16.5 Å². The van der Waals surface area contributed by atoms with Crippen LogP contribution in [-0.4, -0.2) is 17.6 Å². The van der Waals surface area contributed by atoms with Crippen LogP contribution in [0.15, 0.2) is 54.7 Å². The molecule has 1 heterocycles. The highest BCUT2D eigenvalue weighted by Crippen LogP contribution is 2.22. The van der Waals surface area contributed by atoms with Crippen molar-refractivity contribution >= 4 is 22.5 Å². The number of fused-ring (bicyclic) bond motifs is 1. The van der Waals surface area contributed by atoms with Crippen LogP contribution in [-0.2, 0) is 17.8 Å². The van der Waals surface area contributed by atoms with Crippen molar-refractivity contribution in [3.8, 4) is 5.75 Å². The van der Waals surface area contributed by atoms with Crippen molar-refractivity contribution in [2.75, 3.05) is 12.4 Å². The van der Waals surface area contributed by atoms with Gasteiger partial charge in [0.15, 0.2) is 0 Å². The summed E-state index contributed by atoms with van der Waals surface area (Å²) in [5.74, 6) is 0.744. The molecule has 0 atom stereocenters. The Hall–Kier alpha value is -2.75. The van der Waals surface area contributed by atoms with E-state index >= 15 is 0 Å². The van der Waals surface area contributed by atoms with Crippen molar-refractivity contribution < 1.29 is 9.53 Å². The molecule has 1 aromatic heterocycles. The first kappa shape index (κ1) is 16.1. The van der Waals surface area contributed by atoms with Gasteiger partial charge in [0.2, 0.25) is 5.91 Å². The molecule has 3 rings (SSSR count). The molecular weight excluding hydrogens is 300 g/mol. The third kappa shape index (κ3) is 3.43. The Morgan fingerprint density at radius 1 is 1.17 bits per heavy atom. The number of ether oxygens (including phenoxy) is 1. The monoisotopic (exact) mass is 322 g/mol. The highest BCUT2D eigenvalue weighted by atomic mass is 16.5. The zero-order valence-electron chi connectivity index (χ0n) is 14.1. The molecule has 2 aromatic carbocycles. The van der Waals surface area contributed by atoms with Gasteiger partial charge in [0.05, 0.1) is 7.11 Å². The number of carbonyl (C=O) groups excluding carboxylic acids is 1. The number of hydrogen-bond acceptors (Lipinski definition) is 2. The fourth-order valence-corrected chi connectivity index (χ4v) is 2.95. The second-order valence-electron chi connectivity index (χ2n) is 5.73. The molecule has 0 saturated heterocycles. The van der Waals surface area contributed by atoms with Gasteiger partial charge in [0.1, 0.15) is 5.75 Å². The Kier molecular flexibility index (Phi) is 4.85. The molecular formula is C20H22N2O2. The minimum atomic E-state index is 0.00943. The SMILES string of the molecule is CCn1ccc2c(CCC(=O)Nc3cccc(OC)c3)cccc21. The first-order chi connectivity index (χ1) is 11.7. The number of aryl methyl sites for hydroxylation is 2. The van der Waals surface area contributed by atoms with Gasteiger partial charge in [-0.05, 0) is 43.2 Å². The average molecular weight is 322 g/mol. The van der Waals surface area contributed by atoms with E-state index in [0.29, 0.717) is 6.42 Å². The van der Waals surface area contributed by atoms with E-state index in [9.17, 15) is 4.79 Å². The summed E-state index contributed by atoms with van der Waals surface area (Å²) in [7, 11) is 1.62. The Labute approximate surface area is 142 Å². The molecule has 24 heavy (non-hydrogen) atoms. The van der Waals surface area contributed by atoms with E-state index in [0.717, 1.165) is 24.4 Å². The second-order valence-corrected chi connectivity index (χ2v) is 5.73. The van der Waals surface area contributed by atoms with Crippen LogP contribution in [0.4, 0.5) is 5.69 Å². The van der Waals surface area contributed by atoms with Gasteiger partial charge in [-0.1, -0.05) is 18.2 Å². The van der Waals surface area contributed by atoms with Crippen LogP contribution in [0, 0.1) is 0 Å². The Balaban J connectivity index is 1.67. The van der Waals surface area contributed by atoms with Crippen LogP contribution in [0.25, 0.3) is 10.9 Å². The molecule has 0 aliphatic rings. The van der Waals surface area contributed by atoms with Crippen molar-refractivity contribution in [3.05, 3.63) is 60.3 Å². The number of anilines is 1. The lowest BCUT2D eigenvalue weighted by Crippen LogP contribution is -2.12. The van der Waals surface area contributed by atoms with E-state index in [2.05, 4.69) is 47.3 Å². The predicted molar refractivity (Wildman–Crippen MR) is 97.6 cm³/mol. The van der Waals surface area contributed by atoms with Gasteiger partial charge in [-0.3, -0.25) is 4.79 Å². The zero-order valence-corrected chi connectivity index (χ0v) is 14.1. The number of nitrogens with one attached hydrogen (secondary N) is 1. The number of hydrogen-bond donors (Lipinski definition) is 1. The summed E-state index contributed by atoms with van der Waals surface area (Å²) in [6.07, 6.45) is 3.28. The number of rotatable bonds is 6. The summed E-state index contributed by atoms with van der Waals surface area (Å²) in [4.78, 5) is 12.2. The smallest absolute Gasteiger partial charge is 0.224 e. The van der Waals surface area contributed by atoms with E-state index in [1.54, 1.807) is 7.11 Å². The highest BCUT2D eigenvalue weighted by molar-refractivity contribution is 5.91. The maximum Gasteiger partial charge on any atom is 0.224 e. The van der Waals surface area contributed by atoms with Crippen molar-refractivity contribution in [2.45, 2.75) is 26.3 Å². The Bertz CT molecular complexity index is 852. The molecule has 0 aliphatic carbocycles. The van der Waals surface area contributed by atoms with Crippen LogP contribution in [0.2, 0.25) is 0 Å². The van der Waals surface area contributed by atoms with E-state index < -0.39 is 0 Å². The third-order valence-corrected chi connectivity index (χ3v) is 4.22. The number of amides is 1. The molecule has 4 heteroatoms. The topological polar surface area (TPSA) is 43.3 Å². The van der Waals surface area contributed by atoms with Crippen molar-refractivity contribution in [1.82, 2.24) is 4.57 Å². The largest absolute Gasteiger partial charge is 0.497 e. The quantitative estimate of drug-likeness (QED) is 0.737. The summed E-state index contributed by atoms with van der Waals surface area (Å²) in [6.45, 7) is 3.08. The number of nitrogens with zero attached hydrogens (tertiary/aromatic N) is 1. The molecule has 0 fully saturated rings.